The number of amides is 2. The number of nitrogens with one attached hydrogen (secondary N) is 2. The average molecular weight is 338 g/mol. The fourth-order valence-electron chi connectivity index (χ4n) is 2.67. The summed E-state index contributed by atoms with van der Waals surface area (Å²) in [6, 6.07) is 6.40. The molecule has 1 heterocycles. The fourth-order valence-corrected chi connectivity index (χ4v) is 2.79. The molecule has 2 unspecified atom stereocenters. The fraction of sp³-hybridized carbons (Fsp3) is 0.529. The number of carbonyl (C=O) groups excluding carboxylic acids is 2. The van der Waals surface area contributed by atoms with Crippen LogP contribution in [0.4, 0.5) is 0 Å². The van der Waals surface area contributed by atoms with E-state index >= 15 is 0 Å². The van der Waals surface area contributed by atoms with Gasteiger partial charge < -0.3 is 15.5 Å². The SMILES string of the molecule is CC1CN(C(=O)C(NC(=O)c2ccc(Cl)cc2)C(C)C)CCN1. The molecule has 1 saturated heterocycles. The third-order valence-electron chi connectivity index (χ3n) is 4.01. The number of halogens is 1. The van der Waals surface area contributed by atoms with Gasteiger partial charge in [0.25, 0.3) is 5.91 Å². The highest BCUT2D eigenvalue weighted by atomic mass is 35.5. The number of benzene rings is 1. The van der Waals surface area contributed by atoms with E-state index < -0.39 is 6.04 Å². The molecule has 5 nitrogen and oxygen atoms in total. The first kappa shape index (κ1) is 17.8. The lowest BCUT2D eigenvalue weighted by Crippen LogP contribution is -2.57. The number of piperazine rings is 1. The molecular formula is C17H24ClN3O2. The van der Waals surface area contributed by atoms with Crippen LogP contribution in [0.3, 0.4) is 0 Å². The van der Waals surface area contributed by atoms with E-state index in [4.69, 9.17) is 11.6 Å². The molecule has 23 heavy (non-hydrogen) atoms. The van der Waals surface area contributed by atoms with Gasteiger partial charge >= 0.3 is 0 Å². The molecule has 1 fully saturated rings. The van der Waals surface area contributed by atoms with E-state index in [1.54, 1.807) is 24.3 Å². The van der Waals surface area contributed by atoms with E-state index in [1.807, 2.05) is 18.7 Å². The molecule has 0 saturated carbocycles. The van der Waals surface area contributed by atoms with Crippen molar-refractivity contribution in [2.45, 2.75) is 32.9 Å². The van der Waals surface area contributed by atoms with Crippen LogP contribution in [0.5, 0.6) is 0 Å². The van der Waals surface area contributed by atoms with Crippen LogP contribution < -0.4 is 10.6 Å². The Morgan fingerprint density at radius 3 is 2.52 bits per heavy atom. The first-order chi connectivity index (χ1) is 10.9. The molecule has 2 amide bonds. The summed E-state index contributed by atoms with van der Waals surface area (Å²) in [5, 5.41) is 6.76. The Kier molecular flexibility index (Phi) is 6.02. The maximum atomic E-state index is 12.8. The summed E-state index contributed by atoms with van der Waals surface area (Å²) in [5.74, 6) is -0.253. The molecule has 0 aliphatic carbocycles. The van der Waals surface area contributed by atoms with Crippen molar-refractivity contribution >= 4 is 23.4 Å². The third-order valence-corrected chi connectivity index (χ3v) is 4.26. The molecule has 0 aromatic heterocycles. The molecule has 1 aromatic carbocycles. The van der Waals surface area contributed by atoms with Gasteiger partial charge in [-0.05, 0) is 37.1 Å². The zero-order valence-electron chi connectivity index (χ0n) is 13.8. The van der Waals surface area contributed by atoms with E-state index in [1.165, 1.54) is 0 Å². The normalized spacial score (nSPS) is 19.5. The maximum Gasteiger partial charge on any atom is 0.251 e. The van der Waals surface area contributed by atoms with Crippen LogP contribution in [0.25, 0.3) is 0 Å². The van der Waals surface area contributed by atoms with Crippen molar-refractivity contribution in [2.24, 2.45) is 5.92 Å². The summed E-state index contributed by atoms with van der Waals surface area (Å²) in [6.07, 6.45) is 0. The Hall–Kier alpha value is -1.59. The van der Waals surface area contributed by atoms with E-state index in [0.29, 0.717) is 23.7 Å². The third kappa shape index (κ3) is 4.69. The number of hydrogen-bond acceptors (Lipinski definition) is 3. The monoisotopic (exact) mass is 337 g/mol. The minimum absolute atomic E-state index is 0.0175. The largest absolute Gasteiger partial charge is 0.340 e. The Labute approximate surface area is 142 Å². The predicted molar refractivity (Wildman–Crippen MR) is 91.6 cm³/mol. The quantitative estimate of drug-likeness (QED) is 0.882. The minimum atomic E-state index is -0.525. The lowest BCUT2D eigenvalue weighted by Gasteiger charge is -2.35. The van der Waals surface area contributed by atoms with Crippen molar-refractivity contribution in [1.29, 1.82) is 0 Å². The second kappa shape index (κ2) is 7.79. The van der Waals surface area contributed by atoms with Gasteiger partial charge in [-0.1, -0.05) is 25.4 Å². The van der Waals surface area contributed by atoms with Gasteiger partial charge in [0, 0.05) is 36.3 Å². The van der Waals surface area contributed by atoms with E-state index in [-0.39, 0.29) is 23.8 Å². The first-order valence-electron chi connectivity index (χ1n) is 7.97. The summed E-state index contributed by atoms with van der Waals surface area (Å²) >= 11 is 5.84. The van der Waals surface area contributed by atoms with Crippen molar-refractivity contribution in [2.75, 3.05) is 19.6 Å². The lowest BCUT2D eigenvalue weighted by atomic mass is 10.0. The zero-order valence-corrected chi connectivity index (χ0v) is 14.6. The predicted octanol–water partition coefficient (Wildman–Crippen LogP) is 1.91. The Morgan fingerprint density at radius 2 is 1.96 bits per heavy atom. The minimum Gasteiger partial charge on any atom is -0.340 e. The summed E-state index contributed by atoms with van der Waals surface area (Å²) in [7, 11) is 0. The van der Waals surface area contributed by atoms with Crippen molar-refractivity contribution in [3.05, 3.63) is 34.9 Å². The topological polar surface area (TPSA) is 61.4 Å². The van der Waals surface area contributed by atoms with Crippen molar-refractivity contribution in [3.63, 3.8) is 0 Å². The maximum absolute atomic E-state index is 12.8. The molecule has 0 bridgehead atoms. The average Bonchev–Trinajstić information content (AvgIpc) is 2.52. The van der Waals surface area contributed by atoms with E-state index in [2.05, 4.69) is 17.6 Å². The molecule has 0 spiro atoms. The number of rotatable bonds is 4. The molecule has 2 rings (SSSR count). The van der Waals surface area contributed by atoms with Crippen molar-refractivity contribution in [1.82, 2.24) is 15.5 Å². The molecular weight excluding hydrogens is 314 g/mol. The van der Waals surface area contributed by atoms with Gasteiger partial charge in [-0.2, -0.15) is 0 Å². The lowest BCUT2D eigenvalue weighted by molar-refractivity contribution is -0.135. The van der Waals surface area contributed by atoms with Crippen molar-refractivity contribution < 1.29 is 9.59 Å². The second-order valence-electron chi connectivity index (χ2n) is 6.34. The standard InChI is InChI=1S/C17H24ClN3O2/c1-11(2)15(17(23)21-9-8-19-12(3)10-21)20-16(22)13-4-6-14(18)7-5-13/h4-7,11-12,15,19H,8-10H2,1-3H3,(H,20,22). The van der Waals surface area contributed by atoms with Crippen LogP contribution in [-0.2, 0) is 4.79 Å². The summed E-state index contributed by atoms with van der Waals surface area (Å²) in [4.78, 5) is 27.0. The number of hydrogen-bond donors (Lipinski definition) is 2. The van der Waals surface area contributed by atoms with Gasteiger partial charge in [-0.15, -0.1) is 0 Å². The molecule has 1 aliphatic rings. The number of nitrogens with zero attached hydrogens (tertiary/aromatic N) is 1. The zero-order chi connectivity index (χ0) is 17.0. The van der Waals surface area contributed by atoms with Gasteiger partial charge in [0.05, 0.1) is 0 Å². The molecule has 6 heteroatoms. The van der Waals surface area contributed by atoms with Crippen LogP contribution >= 0.6 is 11.6 Å². The first-order valence-corrected chi connectivity index (χ1v) is 8.35. The van der Waals surface area contributed by atoms with Crippen LogP contribution in [-0.4, -0.2) is 48.4 Å². The highest BCUT2D eigenvalue weighted by Crippen LogP contribution is 2.12. The summed E-state index contributed by atoms with van der Waals surface area (Å²) in [6.45, 7) is 8.05. The Balaban J connectivity index is 2.07. The highest BCUT2D eigenvalue weighted by Gasteiger charge is 2.30. The number of carbonyl (C=O) groups is 2. The van der Waals surface area contributed by atoms with Gasteiger partial charge in [0.2, 0.25) is 5.91 Å². The van der Waals surface area contributed by atoms with Crippen LogP contribution in [0, 0.1) is 5.92 Å². The van der Waals surface area contributed by atoms with Crippen molar-refractivity contribution in [3.8, 4) is 0 Å². The van der Waals surface area contributed by atoms with Gasteiger partial charge in [0.1, 0.15) is 6.04 Å². The molecule has 2 atom stereocenters. The van der Waals surface area contributed by atoms with E-state index in [0.717, 1.165) is 6.54 Å². The molecule has 2 N–H and O–H groups in total. The summed E-state index contributed by atoms with van der Waals surface area (Å²) in [5.41, 5.74) is 0.501. The van der Waals surface area contributed by atoms with Crippen LogP contribution in [0.1, 0.15) is 31.1 Å². The van der Waals surface area contributed by atoms with Gasteiger partial charge in [0.15, 0.2) is 0 Å². The highest BCUT2D eigenvalue weighted by molar-refractivity contribution is 6.30. The van der Waals surface area contributed by atoms with Crippen LogP contribution in [0.15, 0.2) is 24.3 Å². The Morgan fingerprint density at radius 1 is 1.30 bits per heavy atom. The molecule has 1 aliphatic heterocycles. The van der Waals surface area contributed by atoms with Crippen LogP contribution in [0.2, 0.25) is 5.02 Å². The van der Waals surface area contributed by atoms with E-state index in [9.17, 15) is 9.59 Å². The molecule has 1 aromatic rings. The second-order valence-corrected chi connectivity index (χ2v) is 6.78. The Bertz CT molecular complexity index is 559. The molecule has 0 radical (unpaired) electrons. The van der Waals surface area contributed by atoms with Gasteiger partial charge in [-0.25, -0.2) is 0 Å². The summed E-state index contributed by atoms with van der Waals surface area (Å²) < 4.78 is 0. The smallest absolute Gasteiger partial charge is 0.251 e. The van der Waals surface area contributed by atoms with Gasteiger partial charge in [-0.3, -0.25) is 9.59 Å². The molecule has 126 valence electrons.